The number of nitrogens with zero attached hydrogens (tertiary/aromatic N) is 3. The van der Waals surface area contributed by atoms with Crippen molar-refractivity contribution in [3.05, 3.63) is 93.7 Å². The summed E-state index contributed by atoms with van der Waals surface area (Å²) >= 11 is 0. The van der Waals surface area contributed by atoms with Crippen molar-refractivity contribution in [3.8, 4) is 16.9 Å². The van der Waals surface area contributed by atoms with E-state index in [1.54, 1.807) is 36.3 Å². The van der Waals surface area contributed by atoms with Gasteiger partial charge in [0.25, 0.3) is 5.56 Å². The first-order valence-electron chi connectivity index (χ1n) is 19.1. The van der Waals surface area contributed by atoms with Crippen LogP contribution in [0.2, 0.25) is 0 Å². The van der Waals surface area contributed by atoms with E-state index in [1.165, 1.54) is 29.9 Å². The number of ether oxygens (including phenoxy) is 1. The van der Waals surface area contributed by atoms with Crippen LogP contribution in [-0.2, 0) is 34.2 Å². The molecular formula is C42H45F4N5O5. The lowest BCUT2D eigenvalue weighted by Gasteiger charge is -2.36. The second kappa shape index (κ2) is 16.1. The quantitative estimate of drug-likeness (QED) is 0.146. The van der Waals surface area contributed by atoms with Crippen molar-refractivity contribution < 1.29 is 36.7 Å². The number of fused-ring (bicyclic) bond motifs is 1. The number of aryl methyl sites for hydroxylation is 1. The first-order valence-corrected chi connectivity index (χ1v) is 19.1. The number of anilines is 1. The predicted octanol–water partition coefficient (Wildman–Crippen LogP) is 6.60. The maximum Gasteiger partial charge on any atom is 0.416 e. The van der Waals surface area contributed by atoms with Crippen LogP contribution < -0.4 is 20.9 Å². The highest BCUT2D eigenvalue weighted by Crippen LogP contribution is 2.41. The molecule has 3 amide bonds. The number of methoxy groups -OCH3 is 1. The molecule has 0 spiro atoms. The average Bonchev–Trinajstić information content (AvgIpc) is 3.18. The SMILES string of the molecule is COc1cc(-c2cn(C)c(=O)c3ccccc23)cc(F)c1CN1CCC(CC(=O)N2CCC(c3ccc(NC4CCC(=O)NC4=O)cc3C(F)(F)F)CC2)CC1. The van der Waals surface area contributed by atoms with E-state index >= 15 is 4.39 Å². The van der Waals surface area contributed by atoms with Gasteiger partial charge in [-0.2, -0.15) is 13.2 Å². The number of imide groups is 1. The zero-order valence-corrected chi connectivity index (χ0v) is 31.4. The standard InChI is InChI=1S/C42H45F4N5O5/c1-49-23-32(30-5-3-4-6-31(30)41(49)55)27-20-35(43)33(37(21-27)56-2)24-50-15-11-25(12-16-50)19-39(53)51-17-13-26(14-18-51)29-8-7-28(22-34(29)42(44,45)46)47-36-9-10-38(52)48-40(36)54/h3-8,20-23,25-26,36,47H,9-19,24H2,1-2H3,(H,48,52,54). The van der Waals surface area contributed by atoms with E-state index in [1.807, 2.05) is 12.1 Å². The van der Waals surface area contributed by atoms with Crippen molar-refractivity contribution >= 4 is 34.2 Å². The number of pyridine rings is 1. The number of nitrogens with one attached hydrogen (secondary N) is 2. The molecule has 296 valence electrons. The molecule has 0 saturated carbocycles. The summed E-state index contributed by atoms with van der Waals surface area (Å²) in [7, 11) is 3.18. The molecule has 4 heterocycles. The van der Waals surface area contributed by atoms with Gasteiger partial charge < -0.3 is 19.5 Å². The number of carbonyl (C=O) groups excluding carboxylic acids is 3. The molecule has 1 atom stereocenters. The van der Waals surface area contributed by atoms with Crippen molar-refractivity contribution in [2.75, 3.05) is 38.6 Å². The number of benzene rings is 3. The molecule has 0 aliphatic carbocycles. The smallest absolute Gasteiger partial charge is 0.416 e. The van der Waals surface area contributed by atoms with Crippen LogP contribution in [0.3, 0.4) is 0 Å². The first kappa shape index (κ1) is 39.0. The minimum atomic E-state index is -4.61. The summed E-state index contributed by atoms with van der Waals surface area (Å²) in [5, 5.41) is 6.32. The van der Waals surface area contributed by atoms with E-state index in [0.29, 0.717) is 74.2 Å². The zero-order chi connectivity index (χ0) is 39.7. The van der Waals surface area contributed by atoms with Crippen LogP contribution >= 0.6 is 0 Å². The molecule has 0 bridgehead atoms. The lowest BCUT2D eigenvalue weighted by atomic mass is 9.85. The van der Waals surface area contributed by atoms with Gasteiger partial charge in [0.05, 0.1) is 12.7 Å². The Morgan fingerprint density at radius 2 is 1.64 bits per heavy atom. The summed E-state index contributed by atoms with van der Waals surface area (Å²) in [6.07, 6.45) is 0.0642. The van der Waals surface area contributed by atoms with E-state index in [0.717, 1.165) is 29.9 Å². The van der Waals surface area contributed by atoms with Crippen LogP contribution in [0.15, 0.2) is 65.6 Å². The highest BCUT2D eigenvalue weighted by Gasteiger charge is 2.38. The number of likely N-dealkylation sites (tertiary alicyclic amines) is 2. The molecule has 3 aliphatic rings. The maximum absolute atomic E-state index is 15.8. The molecule has 1 aromatic heterocycles. The molecule has 7 rings (SSSR count). The van der Waals surface area contributed by atoms with Gasteiger partial charge in [0.2, 0.25) is 17.7 Å². The summed E-state index contributed by atoms with van der Waals surface area (Å²) < 4.78 is 65.7. The Bertz CT molecular complexity index is 2210. The first-order chi connectivity index (χ1) is 26.8. The van der Waals surface area contributed by atoms with Crippen LogP contribution in [-0.4, -0.2) is 71.4 Å². The number of piperidine rings is 3. The lowest BCUT2D eigenvalue weighted by Crippen LogP contribution is -2.47. The van der Waals surface area contributed by atoms with Crippen LogP contribution in [0.5, 0.6) is 5.75 Å². The summed E-state index contributed by atoms with van der Waals surface area (Å²) in [6.45, 7) is 2.40. The Morgan fingerprint density at radius 3 is 2.32 bits per heavy atom. The molecule has 3 saturated heterocycles. The minimum absolute atomic E-state index is 0.00373. The third-order valence-corrected chi connectivity index (χ3v) is 11.6. The number of hydrogen-bond donors (Lipinski definition) is 2. The Balaban J connectivity index is 0.929. The van der Waals surface area contributed by atoms with Gasteiger partial charge in [-0.3, -0.25) is 29.4 Å². The number of aromatic nitrogens is 1. The van der Waals surface area contributed by atoms with Crippen molar-refractivity contribution in [2.24, 2.45) is 13.0 Å². The number of carbonyl (C=O) groups is 3. The normalized spacial score (nSPS) is 19.0. The van der Waals surface area contributed by atoms with E-state index in [-0.39, 0.29) is 47.4 Å². The fourth-order valence-electron chi connectivity index (χ4n) is 8.42. The molecule has 56 heavy (non-hydrogen) atoms. The topological polar surface area (TPSA) is 113 Å². The fourth-order valence-corrected chi connectivity index (χ4v) is 8.42. The van der Waals surface area contributed by atoms with Crippen LogP contribution in [0.1, 0.15) is 67.6 Å². The van der Waals surface area contributed by atoms with Gasteiger partial charge in [-0.05, 0) is 104 Å². The van der Waals surface area contributed by atoms with E-state index < -0.39 is 35.4 Å². The van der Waals surface area contributed by atoms with Crippen molar-refractivity contribution in [3.63, 3.8) is 0 Å². The second-order valence-electron chi connectivity index (χ2n) is 15.2. The third-order valence-electron chi connectivity index (χ3n) is 11.6. The largest absolute Gasteiger partial charge is 0.496 e. The second-order valence-corrected chi connectivity index (χ2v) is 15.2. The zero-order valence-electron chi connectivity index (χ0n) is 31.4. The van der Waals surface area contributed by atoms with Gasteiger partial charge >= 0.3 is 6.18 Å². The Morgan fingerprint density at radius 1 is 0.929 bits per heavy atom. The van der Waals surface area contributed by atoms with Crippen LogP contribution in [0, 0.1) is 11.7 Å². The number of halogens is 4. The van der Waals surface area contributed by atoms with Gasteiger partial charge in [-0.1, -0.05) is 24.3 Å². The summed E-state index contributed by atoms with van der Waals surface area (Å²) in [4.78, 5) is 53.6. The minimum Gasteiger partial charge on any atom is -0.496 e. The molecule has 1 unspecified atom stereocenters. The highest BCUT2D eigenvalue weighted by molar-refractivity contribution is 6.01. The Hall–Kier alpha value is -5.24. The van der Waals surface area contributed by atoms with Crippen molar-refractivity contribution in [2.45, 2.75) is 69.6 Å². The summed E-state index contributed by atoms with van der Waals surface area (Å²) in [6, 6.07) is 13.8. The molecule has 0 radical (unpaired) electrons. The highest BCUT2D eigenvalue weighted by atomic mass is 19.4. The average molecular weight is 776 g/mol. The van der Waals surface area contributed by atoms with Crippen molar-refractivity contribution in [1.29, 1.82) is 0 Å². The summed E-state index contributed by atoms with van der Waals surface area (Å²) in [5.74, 6) is -1.19. The van der Waals surface area contributed by atoms with Gasteiger partial charge in [-0.25, -0.2) is 4.39 Å². The molecule has 3 aliphatic heterocycles. The van der Waals surface area contributed by atoms with Crippen molar-refractivity contribution in [1.82, 2.24) is 19.7 Å². The molecule has 10 nitrogen and oxygen atoms in total. The molecule has 14 heteroatoms. The Labute approximate surface area is 321 Å². The number of rotatable bonds is 9. The third kappa shape index (κ3) is 8.30. The maximum atomic E-state index is 15.8. The Kier molecular flexibility index (Phi) is 11.2. The molecule has 3 fully saturated rings. The number of alkyl halides is 3. The summed E-state index contributed by atoms with van der Waals surface area (Å²) in [5.41, 5.74) is 1.21. The van der Waals surface area contributed by atoms with Crippen LogP contribution in [0.25, 0.3) is 21.9 Å². The van der Waals surface area contributed by atoms with Gasteiger partial charge in [0, 0.05) is 67.9 Å². The molecule has 3 aromatic carbocycles. The molecular weight excluding hydrogens is 730 g/mol. The predicted molar refractivity (Wildman–Crippen MR) is 204 cm³/mol. The van der Waals surface area contributed by atoms with E-state index in [9.17, 15) is 32.3 Å². The van der Waals surface area contributed by atoms with E-state index in [4.69, 9.17) is 4.74 Å². The lowest BCUT2D eigenvalue weighted by molar-refractivity contribution is -0.139. The van der Waals surface area contributed by atoms with Gasteiger partial charge in [0.1, 0.15) is 17.6 Å². The fraction of sp³-hybridized carbons (Fsp3) is 0.429. The number of amides is 3. The van der Waals surface area contributed by atoms with Gasteiger partial charge in [0.15, 0.2) is 0 Å². The van der Waals surface area contributed by atoms with Gasteiger partial charge in [-0.15, -0.1) is 0 Å². The van der Waals surface area contributed by atoms with E-state index in [2.05, 4.69) is 15.5 Å². The molecule has 4 aromatic rings. The molecule has 2 N–H and O–H groups in total. The number of hydrogen-bond acceptors (Lipinski definition) is 7. The monoisotopic (exact) mass is 775 g/mol. The van der Waals surface area contributed by atoms with Crippen LogP contribution in [0.4, 0.5) is 23.2 Å².